The largest absolute Gasteiger partial charge is 0.455 e. The number of aromatic nitrogens is 5. The molecule has 0 radical (unpaired) electrons. The Bertz CT molecular complexity index is 3840. The molecule has 8 aromatic carbocycles. The molecule has 0 spiro atoms. The van der Waals surface area contributed by atoms with Gasteiger partial charge in [0.25, 0.3) is 0 Å². The molecule has 1 aliphatic carbocycles. The molecular weight excluding hydrogens is 771 g/mol. The highest BCUT2D eigenvalue weighted by Crippen LogP contribution is 2.47. The van der Waals surface area contributed by atoms with Crippen molar-refractivity contribution in [2.45, 2.75) is 12.8 Å². The van der Waals surface area contributed by atoms with Gasteiger partial charge in [-0.2, -0.15) is 9.97 Å². The molecule has 296 valence electrons. The molecule has 0 fully saturated rings. The second kappa shape index (κ2) is 14.1. The quantitative estimate of drug-likeness (QED) is 0.168. The molecule has 12 aromatic rings. The molecule has 0 amide bonds. The van der Waals surface area contributed by atoms with Crippen LogP contribution in [0.15, 0.2) is 205 Å². The van der Waals surface area contributed by atoms with Crippen LogP contribution in [0.25, 0.3) is 111 Å². The Morgan fingerprint density at radius 1 is 0.413 bits per heavy atom. The highest BCUT2D eigenvalue weighted by atomic mass is 16.3. The molecule has 0 saturated heterocycles. The van der Waals surface area contributed by atoms with Gasteiger partial charge >= 0.3 is 0 Å². The van der Waals surface area contributed by atoms with Crippen molar-refractivity contribution in [1.82, 2.24) is 24.1 Å². The molecule has 0 unspecified atom stereocenters. The normalized spacial score (nSPS) is 13.3. The summed E-state index contributed by atoms with van der Waals surface area (Å²) in [6, 6.07) is 68.4. The van der Waals surface area contributed by atoms with Gasteiger partial charge in [0.1, 0.15) is 11.2 Å². The Hall–Kier alpha value is -8.35. The van der Waals surface area contributed by atoms with Crippen LogP contribution in [0.4, 0.5) is 0 Å². The Balaban J connectivity index is 1.16. The summed E-state index contributed by atoms with van der Waals surface area (Å²) in [6.07, 6.45) is 4.29. The van der Waals surface area contributed by atoms with Crippen LogP contribution < -0.4 is 0 Å². The molecule has 1 aliphatic rings. The number of nitrogens with zero attached hydrogens (tertiary/aromatic N) is 5. The van der Waals surface area contributed by atoms with Crippen LogP contribution >= 0.6 is 0 Å². The maximum absolute atomic E-state index is 6.59. The SMILES string of the molecule is C1=C(n2c3ccccc3c3ccc4c5ccccc5n(-c5nc(-c6ccccc6)nc(-c6cccc7c6oc6ccccc67)n5)c4c32)C(c2ccccc2)=C(c2ccccc2)CC1. The Morgan fingerprint density at radius 3 is 1.68 bits per heavy atom. The van der Waals surface area contributed by atoms with E-state index in [4.69, 9.17) is 19.4 Å². The van der Waals surface area contributed by atoms with Crippen LogP contribution in [-0.2, 0) is 0 Å². The lowest BCUT2D eigenvalue weighted by Crippen LogP contribution is -2.09. The highest BCUT2D eigenvalue weighted by molar-refractivity contribution is 6.26. The first kappa shape index (κ1) is 35.4. The molecule has 4 heterocycles. The zero-order valence-electron chi connectivity index (χ0n) is 34.1. The number of furan rings is 1. The van der Waals surface area contributed by atoms with Crippen LogP contribution in [0.2, 0.25) is 0 Å². The molecule has 0 N–H and O–H groups in total. The third-order valence-electron chi connectivity index (χ3n) is 12.7. The van der Waals surface area contributed by atoms with Gasteiger partial charge in [0, 0.05) is 43.5 Å². The summed E-state index contributed by atoms with van der Waals surface area (Å²) in [6.45, 7) is 0. The summed E-state index contributed by atoms with van der Waals surface area (Å²) >= 11 is 0. The molecular formula is C57H37N5O. The van der Waals surface area contributed by atoms with Gasteiger partial charge < -0.3 is 8.98 Å². The number of benzene rings is 8. The smallest absolute Gasteiger partial charge is 0.238 e. The first-order valence-corrected chi connectivity index (χ1v) is 21.5. The van der Waals surface area contributed by atoms with Crippen LogP contribution in [0.1, 0.15) is 24.0 Å². The second-order valence-electron chi connectivity index (χ2n) is 16.2. The summed E-state index contributed by atoms with van der Waals surface area (Å²) in [5.41, 5.74) is 13.7. The van der Waals surface area contributed by atoms with Crippen LogP contribution in [0, 0.1) is 0 Å². The first-order valence-electron chi connectivity index (χ1n) is 21.5. The average Bonchev–Trinajstić information content (AvgIpc) is 4.02. The fourth-order valence-electron chi connectivity index (χ4n) is 9.98. The summed E-state index contributed by atoms with van der Waals surface area (Å²) in [5, 5.41) is 6.66. The van der Waals surface area contributed by atoms with E-state index >= 15 is 0 Å². The van der Waals surface area contributed by atoms with Crippen LogP contribution in [-0.4, -0.2) is 24.1 Å². The molecule has 6 nitrogen and oxygen atoms in total. The van der Waals surface area contributed by atoms with Gasteiger partial charge in [-0.15, -0.1) is 0 Å². The fraction of sp³-hybridized carbons (Fsp3) is 0.0351. The minimum Gasteiger partial charge on any atom is -0.455 e. The fourth-order valence-corrected chi connectivity index (χ4v) is 9.98. The molecule has 6 heteroatoms. The van der Waals surface area contributed by atoms with Crippen molar-refractivity contribution in [3.05, 3.63) is 211 Å². The zero-order chi connectivity index (χ0) is 41.4. The standard InChI is InChI=1S/C57H37N5O/c1-4-18-36(19-5-1)39-27-17-32-49(51(39)37-20-6-2-7-21-37)61-47-30-13-10-24-40(47)43-34-35-44-41-25-11-14-31-48(41)62(53(44)52(43)61)57-59-55(38-22-8-3-9-23-38)58-56(60-57)46-29-16-28-45-42-26-12-15-33-50(42)63-54(45)46/h1-16,18-26,28-35H,17,27H2. The van der Waals surface area contributed by atoms with Gasteiger partial charge in [-0.1, -0.05) is 176 Å². The number of hydrogen-bond acceptors (Lipinski definition) is 4. The lowest BCUT2D eigenvalue weighted by Gasteiger charge is -2.25. The van der Waals surface area contributed by atoms with Gasteiger partial charge in [-0.3, -0.25) is 4.57 Å². The van der Waals surface area contributed by atoms with Crippen molar-refractivity contribution in [3.63, 3.8) is 0 Å². The second-order valence-corrected chi connectivity index (χ2v) is 16.2. The molecule has 0 saturated carbocycles. The van der Waals surface area contributed by atoms with E-state index in [1.165, 1.54) is 33.4 Å². The average molecular weight is 808 g/mol. The lowest BCUT2D eigenvalue weighted by molar-refractivity contribution is 0.669. The van der Waals surface area contributed by atoms with E-state index in [2.05, 4.69) is 173 Å². The number of para-hydroxylation sites is 4. The first-order chi connectivity index (χ1) is 31.3. The van der Waals surface area contributed by atoms with E-state index in [1.54, 1.807) is 0 Å². The predicted molar refractivity (Wildman–Crippen MR) is 259 cm³/mol. The van der Waals surface area contributed by atoms with Crippen molar-refractivity contribution < 1.29 is 4.42 Å². The van der Waals surface area contributed by atoms with E-state index in [0.717, 1.165) is 84.1 Å². The Kier molecular flexibility index (Phi) is 7.93. The maximum atomic E-state index is 6.59. The summed E-state index contributed by atoms with van der Waals surface area (Å²) in [4.78, 5) is 16.1. The number of hydrogen-bond donors (Lipinski definition) is 0. The maximum Gasteiger partial charge on any atom is 0.238 e. The lowest BCUT2D eigenvalue weighted by atomic mass is 9.85. The molecule has 0 aliphatic heterocycles. The minimum absolute atomic E-state index is 0.531. The van der Waals surface area contributed by atoms with E-state index in [0.29, 0.717) is 17.6 Å². The number of rotatable bonds is 6. The van der Waals surface area contributed by atoms with Crippen molar-refractivity contribution >= 4 is 82.4 Å². The van der Waals surface area contributed by atoms with Gasteiger partial charge in [0.2, 0.25) is 5.95 Å². The zero-order valence-corrected chi connectivity index (χ0v) is 34.1. The van der Waals surface area contributed by atoms with E-state index in [9.17, 15) is 0 Å². The van der Waals surface area contributed by atoms with E-state index < -0.39 is 0 Å². The third kappa shape index (κ3) is 5.48. The highest BCUT2D eigenvalue weighted by Gasteiger charge is 2.28. The van der Waals surface area contributed by atoms with Crippen molar-refractivity contribution in [2.75, 3.05) is 0 Å². The molecule has 63 heavy (non-hydrogen) atoms. The topological polar surface area (TPSA) is 61.7 Å². The minimum atomic E-state index is 0.531. The van der Waals surface area contributed by atoms with Gasteiger partial charge in [-0.25, -0.2) is 4.98 Å². The summed E-state index contributed by atoms with van der Waals surface area (Å²) in [5.74, 6) is 1.65. The monoisotopic (exact) mass is 807 g/mol. The van der Waals surface area contributed by atoms with E-state index in [1.807, 2.05) is 36.4 Å². The van der Waals surface area contributed by atoms with E-state index in [-0.39, 0.29) is 0 Å². The third-order valence-corrected chi connectivity index (χ3v) is 12.7. The predicted octanol–water partition coefficient (Wildman–Crippen LogP) is 14.6. The van der Waals surface area contributed by atoms with Gasteiger partial charge in [0.05, 0.1) is 33.3 Å². The van der Waals surface area contributed by atoms with Gasteiger partial charge in [-0.05, 0) is 53.8 Å². The summed E-state index contributed by atoms with van der Waals surface area (Å²) < 4.78 is 11.4. The summed E-state index contributed by atoms with van der Waals surface area (Å²) in [7, 11) is 0. The molecule has 0 bridgehead atoms. The van der Waals surface area contributed by atoms with Crippen LogP contribution in [0.3, 0.4) is 0 Å². The van der Waals surface area contributed by atoms with Crippen LogP contribution in [0.5, 0.6) is 0 Å². The van der Waals surface area contributed by atoms with Crippen molar-refractivity contribution in [2.24, 2.45) is 0 Å². The van der Waals surface area contributed by atoms with Crippen molar-refractivity contribution in [3.8, 4) is 28.7 Å². The number of allylic oxidation sites excluding steroid dienone is 4. The molecule has 0 atom stereocenters. The molecule has 4 aromatic heterocycles. The van der Waals surface area contributed by atoms with Crippen molar-refractivity contribution in [1.29, 1.82) is 0 Å². The Morgan fingerprint density at radius 2 is 0.968 bits per heavy atom. The molecule has 13 rings (SSSR count). The Labute approximate surface area is 362 Å². The number of fused-ring (bicyclic) bond motifs is 10. The van der Waals surface area contributed by atoms with Gasteiger partial charge in [0.15, 0.2) is 11.6 Å².